The van der Waals surface area contributed by atoms with Crippen LogP contribution in [0.15, 0.2) is 35.2 Å². The fourth-order valence-corrected chi connectivity index (χ4v) is 5.96. The van der Waals surface area contributed by atoms with Gasteiger partial charge in [-0.25, -0.2) is 4.79 Å². The van der Waals surface area contributed by atoms with E-state index in [0.29, 0.717) is 11.8 Å². The first-order valence-corrected chi connectivity index (χ1v) is 9.24. The zero-order valence-corrected chi connectivity index (χ0v) is 14.6. The molecule has 1 aromatic rings. The van der Waals surface area contributed by atoms with E-state index in [1.807, 2.05) is 17.8 Å². The Kier molecular flexibility index (Phi) is 4.87. The monoisotopic (exact) mass is 335 g/mol. The fourth-order valence-electron chi connectivity index (χ4n) is 4.43. The summed E-state index contributed by atoms with van der Waals surface area (Å²) in [5.74, 6) is 0. The van der Waals surface area contributed by atoms with Gasteiger partial charge in [0.25, 0.3) is 0 Å². The lowest BCUT2D eigenvalue weighted by molar-refractivity contribution is -0.0122. The van der Waals surface area contributed by atoms with E-state index < -0.39 is 6.10 Å². The lowest BCUT2D eigenvalue weighted by Gasteiger charge is -2.50. The van der Waals surface area contributed by atoms with Crippen LogP contribution in [0, 0.1) is 5.41 Å². The van der Waals surface area contributed by atoms with Crippen molar-refractivity contribution in [3.63, 3.8) is 0 Å². The quantitative estimate of drug-likeness (QED) is 0.918. The lowest BCUT2D eigenvalue weighted by atomic mass is 9.72. The number of nitrogens with zero attached hydrogens (tertiary/aromatic N) is 1. The van der Waals surface area contributed by atoms with Gasteiger partial charge < -0.3 is 14.7 Å². The summed E-state index contributed by atoms with van der Waals surface area (Å²) >= 11 is 1.90. The Morgan fingerprint density at radius 1 is 1.39 bits per heavy atom. The van der Waals surface area contributed by atoms with Crippen molar-refractivity contribution in [2.75, 3.05) is 13.7 Å². The molecule has 1 saturated carbocycles. The number of amides is 1. The summed E-state index contributed by atoms with van der Waals surface area (Å²) in [6.07, 6.45) is 2.87. The third-order valence-corrected chi connectivity index (χ3v) is 7.09. The molecule has 4 unspecified atom stereocenters. The van der Waals surface area contributed by atoms with E-state index in [4.69, 9.17) is 4.74 Å². The van der Waals surface area contributed by atoms with Gasteiger partial charge in [0.05, 0.1) is 19.3 Å². The van der Waals surface area contributed by atoms with E-state index in [9.17, 15) is 9.90 Å². The predicted octanol–water partition coefficient (Wildman–Crippen LogP) is 3.54. The summed E-state index contributed by atoms with van der Waals surface area (Å²) in [7, 11) is 1.42. The van der Waals surface area contributed by atoms with Crippen LogP contribution in [-0.4, -0.2) is 47.1 Å². The van der Waals surface area contributed by atoms with Crippen LogP contribution in [0.4, 0.5) is 4.79 Å². The van der Waals surface area contributed by atoms with Gasteiger partial charge in [0.2, 0.25) is 0 Å². The van der Waals surface area contributed by atoms with Gasteiger partial charge in [0, 0.05) is 22.1 Å². The second kappa shape index (κ2) is 6.73. The van der Waals surface area contributed by atoms with E-state index >= 15 is 0 Å². The molecule has 23 heavy (non-hydrogen) atoms. The Morgan fingerprint density at radius 3 is 2.78 bits per heavy atom. The molecule has 4 nitrogen and oxygen atoms in total. The van der Waals surface area contributed by atoms with E-state index in [0.717, 1.165) is 25.7 Å². The Bertz CT molecular complexity index is 552. The number of rotatable bonds is 3. The molecule has 5 heteroatoms. The lowest BCUT2D eigenvalue weighted by Crippen LogP contribution is -2.60. The smallest absolute Gasteiger partial charge is 0.409 e. The first-order valence-electron chi connectivity index (χ1n) is 8.36. The fraction of sp³-hybridized carbons (Fsp3) is 0.611. The molecule has 1 N–H and O–H groups in total. The van der Waals surface area contributed by atoms with Crippen molar-refractivity contribution >= 4 is 17.9 Å². The Hall–Kier alpha value is -1.20. The molecule has 3 rings (SSSR count). The van der Waals surface area contributed by atoms with Gasteiger partial charge in [0.15, 0.2) is 0 Å². The Morgan fingerprint density at radius 2 is 2.13 bits per heavy atom. The molecule has 0 bridgehead atoms. The minimum absolute atomic E-state index is 0.0354. The summed E-state index contributed by atoms with van der Waals surface area (Å²) < 4.78 is 4.96. The second-order valence-electron chi connectivity index (χ2n) is 6.51. The third-order valence-electron chi connectivity index (χ3n) is 5.56. The van der Waals surface area contributed by atoms with Crippen molar-refractivity contribution in [1.29, 1.82) is 0 Å². The minimum Gasteiger partial charge on any atom is -0.453 e. The molecule has 0 spiro atoms. The number of carbonyl (C=O) groups excluding carboxylic acids is 1. The van der Waals surface area contributed by atoms with Gasteiger partial charge in [-0.1, -0.05) is 25.1 Å². The van der Waals surface area contributed by atoms with Crippen LogP contribution in [0.2, 0.25) is 0 Å². The number of hydrogen-bond acceptors (Lipinski definition) is 4. The molecule has 0 radical (unpaired) electrons. The number of aliphatic hydroxyl groups excluding tert-OH is 1. The van der Waals surface area contributed by atoms with Crippen LogP contribution >= 0.6 is 11.8 Å². The van der Waals surface area contributed by atoms with Gasteiger partial charge >= 0.3 is 6.09 Å². The number of likely N-dealkylation sites (tertiary alicyclic amines) is 1. The molecule has 1 saturated heterocycles. The van der Waals surface area contributed by atoms with Crippen LogP contribution in [0.1, 0.15) is 32.6 Å². The van der Waals surface area contributed by atoms with Crippen LogP contribution in [0.25, 0.3) is 0 Å². The van der Waals surface area contributed by atoms with Crippen molar-refractivity contribution in [2.24, 2.45) is 5.41 Å². The molecule has 4 atom stereocenters. The minimum atomic E-state index is -0.451. The first-order chi connectivity index (χ1) is 11.1. The maximum atomic E-state index is 12.2. The van der Waals surface area contributed by atoms with Crippen molar-refractivity contribution in [3.8, 4) is 0 Å². The molecule has 1 amide bonds. The van der Waals surface area contributed by atoms with Gasteiger partial charge in [0.1, 0.15) is 0 Å². The first kappa shape index (κ1) is 16.7. The highest BCUT2D eigenvalue weighted by molar-refractivity contribution is 8.00. The van der Waals surface area contributed by atoms with E-state index in [1.165, 1.54) is 12.0 Å². The molecule has 2 aliphatic rings. The van der Waals surface area contributed by atoms with Crippen molar-refractivity contribution < 1.29 is 14.6 Å². The zero-order valence-electron chi connectivity index (χ0n) is 13.8. The molecule has 1 aliphatic carbocycles. The Labute approximate surface area is 142 Å². The number of benzene rings is 1. The molecule has 126 valence electrons. The largest absolute Gasteiger partial charge is 0.453 e. The highest BCUT2D eigenvalue weighted by atomic mass is 32.2. The summed E-state index contributed by atoms with van der Waals surface area (Å²) in [5, 5.41) is 11.0. The molecule has 1 aromatic carbocycles. The summed E-state index contributed by atoms with van der Waals surface area (Å²) in [4.78, 5) is 15.2. The zero-order chi connectivity index (χ0) is 16.4. The van der Waals surface area contributed by atoms with Gasteiger partial charge in [-0.15, -0.1) is 11.8 Å². The molecule has 2 fully saturated rings. The van der Waals surface area contributed by atoms with Crippen LogP contribution in [0.3, 0.4) is 0 Å². The number of fused-ring (bicyclic) bond motifs is 1. The van der Waals surface area contributed by atoms with Gasteiger partial charge in [-0.3, -0.25) is 0 Å². The summed E-state index contributed by atoms with van der Waals surface area (Å²) in [6, 6.07) is 10.3. The van der Waals surface area contributed by atoms with E-state index in [2.05, 4.69) is 31.2 Å². The summed E-state index contributed by atoms with van der Waals surface area (Å²) in [6.45, 7) is 2.84. The number of thioether (sulfide) groups is 1. The number of aliphatic hydroxyl groups is 1. The van der Waals surface area contributed by atoms with E-state index in [-0.39, 0.29) is 17.6 Å². The number of ether oxygens (including phenoxy) is 1. The predicted molar refractivity (Wildman–Crippen MR) is 91.6 cm³/mol. The average Bonchev–Trinajstić information content (AvgIpc) is 2.94. The maximum Gasteiger partial charge on any atom is 0.409 e. The summed E-state index contributed by atoms with van der Waals surface area (Å²) in [5.41, 5.74) is -0.0354. The van der Waals surface area contributed by atoms with Crippen molar-refractivity contribution in [2.45, 2.75) is 54.9 Å². The molecular formula is C18H25NO3S. The number of piperidine rings is 1. The SMILES string of the molecule is CCC12CCC(O)C1N(C(=O)OC)CCC2Sc1ccccc1. The van der Waals surface area contributed by atoms with Crippen LogP contribution < -0.4 is 0 Å². The van der Waals surface area contributed by atoms with Crippen LogP contribution in [0.5, 0.6) is 0 Å². The number of carbonyl (C=O) groups is 1. The molecule has 0 aromatic heterocycles. The van der Waals surface area contributed by atoms with E-state index in [1.54, 1.807) is 4.90 Å². The number of hydrogen-bond donors (Lipinski definition) is 1. The molecular weight excluding hydrogens is 310 g/mol. The normalized spacial score (nSPS) is 33.3. The highest BCUT2D eigenvalue weighted by Crippen LogP contribution is 2.55. The molecule has 1 heterocycles. The van der Waals surface area contributed by atoms with Crippen LogP contribution in [-0.2, 0) is 4.74 Å². The maximum absolute atomic E-state index is 12.2. The highest BCUT2D eigenvalue weighted by Gasteiger charge is 2.57. The molecule has 1 aliphatic heterocycles. The van der Waals surface area contributed by atoms with Crippen molar-refractivity contribution in [3.05, 3.63) is 30.3 Å². The van der Waals surface area contributed by atoms with Gasteiger partial charge in [-0.2, -0.15) is 0 Å². The standard InChI is InChI=1S/C18H25NO3S/c1-3-18-11-9-14(20)16(18)19(17(21)22-2)12-10-15(18)23-13-7-5-4-6-8-13/h4-8,14-16,20H,3,9-12H2,1-2H3. The van der Waals surface area contributed by atoms with Crippen molar-refractivity contribution in [1.82, 2.24) is 4.90 Å². The van der Waals surface area contributed by atoms with Gasteiger partial charge in [-0.05, 0) is 37.8 Å². The number of methoxy groups -OCH3 is 1. The Balaban J connectivity index is 1.90. The second-order valence-corrected chi connectivity index (χ2v) is 7.79. The third kappa shape index (κ3) is 2.85. The topological polar surface area (TPSA) is 49.8 Å². The average molecular weight is 335 g/mol.